The lowest BCUT2D eigenvalue weighted by atomic mass is 10.1. The predicted octanol–water partition coefficient (Wildman–Crippen LogP) is 4.89. The van der Waals surface area contributed by atoms with Crippen LogP contribution < -0.4 is 0 Å². The molecule has 0 aliphatic rings. The topological polar surface area (TPSA) is 13.1 Å². The van der Waals surface area contributed by atoms with Gasteiger partial charge in [0.15, 0.2) is 5.22 Å². The molecule has 0 aliphatic carbocycles. The summed E-state index contributed by atoms with van der Waals surface area (Å²) in [5.41, 5.74) is 0.709. The Balaban J connectivity index is 2.25. The monoisotopic (exact) mass is 320 g/mol. The molecule has 0 spiro atoms. The summed E-state index contributed by atoms with van der Waals surface area (Å²) in [6.07, 6.45) is 1.60. The van der Waals surface area contributed by atoms with Crippen molar-refractivity contribution in [3.05, 3.63) is 58.5 Å². The van der Waals surface area contributed by atoms with Crippen LogP contribution in [0.2, 0.25) is 5.22 Å². The highest BCUT2D eigenvalue weighted by Crippen LogP contribution is 2.34. The van der Waals surface area contributed by atoms with Crippen LogP contribution in [-0.4, -0.2) is 0 Å². The first-order valence-electron chi connectivity index (χ1n) is 4.89. The second kappa shape index (κ2) is 5.19. The molecule has 17 heavy (non-hydrogen) atoms. The van der Waals surface area contributed by atoms with Gasteiger partial charge >= 0.3 is 0 Å². The molecule has 1 unspecified atom stereocenters. The van der Waals surface area contributed by atoms with Gasteiger partial charge in [0.1, 0.15) is 11.6 Å². The third-order valence-corrected chi connectivity index (χ3v) is 3.55. The van der Waals surface area contributed by atoms with Crippen LogP contribution >= 0.6 is 27.5 Å². The van der Waals surface area contributed by atoms with E-state index >= 15 is 0 Å². The average Bonchev–Trinajstić information content (AvgIpc) is 2.70. The standard InChI is InChI=1S/C12H8BrClF2O/c13-9(7-4-5-17-12(7)14)6-8-10(15)2-1-3-11(8)16/h1-5,9H,6H2. The molecule has 0 aliphatic heterocycles. The van der Waals surface area contributed by atoms with Crippen LogP contribution in [-0.2, 0) is 6.42 Å². The van der Waals surface area contributed by atoms with Gasteiger partial charge < -0.3 is 4.42 Å². The van der Waals surface area contributed by atoms with Gasteiger partial charge in [-0.1, -0.05) is 22.0 Å². The second-order valence-electron chi connectivity index (χ2n) is 3.52. The van der Waals surface area contributed by atoms with E-state index in [1.165, 1.54) is 24.5 Å². The minimum absolute atomic E-state index is 0.0339. The average molecular weight is 322 g/mol. The molecule has 1 aromatic heterocycles. The van der Waals surface area contributed by atoms with Crippen molar-refractivity contribution in [2.24, 2.45) is 0 Å². The van der Waals surface area contributed by atoms with Crippen molar-refractivity contribution < 1.29 is 13.2 Å². The molecule has 1 aromatic carbocycles. The van der Waals surface area contributed by atoms with Crippen molar-refractivity contribution in [2.45, 2.75) is 11.2 Å². The van der Waals surface area contributed by atoms with E-state index in [4.69, 9.17) is 16.0 Å². The van der Waals surface area contributed by atoms with Crippen molar-refractivity contribution in [3.63, 3.8) is 0 Å². The highest BCUT2D eigenvalue weighted by molar-refractivity contribution is 9.09. The van der Waals surface area contributed by atoms with Crippen molar-refractivity contribution in [2.75, 3.05) is 0 Å². The smallest absolute Gasteiger partial charge is 0.197 e. The molecule has 2 aromatic rings. The van der Waals surface area contributed by atoms with Crippen LogP contribution in [0, 0.1) is 11.6 Å². The molecule has 0 radical (unpaired) electrons. The molecule has 2 rings (SSSR count). The van der Waals surface area contributed by atoms with Gasteiger partial charge in [-0.25, -0.2) is 8.78 Å². The number of rotatable bonds is 3. The van der Waals surface area contributed by atoms with Crippen LogP contribution in [0.1, 0.15) is 16.0 Å². The first-order valence-corrected chi connectivity index (χ1v) is 6.19. The summed E-state index contributed by atoms with van der Waals surface area (Å²) in [6, 6.07) is 5.47. The summed E-state index contributed by atoms with van der Waals surface area (Å²) in [5, 5.41) is 0.226. The van der Waals surface area contributed by atoms with E-state index in [2.05, 4.69) is 15.9 Å². The van der Waals surface area contributed by atoms with Gasteiger partial charge in [-0.3, -0.25) is 0 Å². The van der Waals surface area contributed by atoms with Crippen molar-refractivity contribution >= 4 is 27.5 Å². The lowest BCUT2D eigenvalue weighted by molar-refractivity contribution is 0.550. The number of furan rings is 1. The highest BCUT2D eigenvalue weighted by atomic mass is 79.9. The van der Waals surface area contributed by atoms with Gasteiger partial charge in [-0.15, -0.1) is 0 Å². The maximum absolute atomic E-state index is 13.4. The second-order valence-corrected chi connectivity index (χ2v) is 4.97. The molecular formula is C12H8BrClF2O. The first-order chi connectivity index (χ1) is 8.09. The minimum atomic E-state index is -0.561. The summed E-state index contributed by atoms with van der Waals surface area (Å²) in [7, 11) is 0. The van der Waals surface area contributed by atoms with Crippen molar-refractivity contribution in [1.82, 2.24) is 0 Å². The zero-order chi connectivity index (χ0) is 12.4. The third kappa shape index (κ3) is 2.69. The minimum Gasteiger partial charge on any atom is -0.453 e. The van der Waals surface area contributed by atoms with Gasteiger partial charge in [-0.05, 0) is 36.2 Å². The first kappa shape index (κ1) is 12.6. The molecule has 1 nitrogen and oxygen atoms in total. The number of alkyl halides is 1. The SMILES string of the molecule is Fc1cccc(F)c1CC(Br)c1ccoc1Cl. The van der Waals surface area contributed by atoms with Gasteiger partial charge in [0.25, 0.3) is 0 Å². The van der Waals surface area contributed by atoms with Crippen LogP contribution in [0.25, 0.3) is 0 Å². The summed E-state index contributed by atoms with van der Waals surface area (Å²) in [6.45, 7) is 0. The Kier molecular flexibility index (Phi) is 3.84. The molecule has 0 fully saturated rings. The molecule has 0 N–H and O–H groups in total. The maximum Gasteiger partial charge on any atom is 0.197 e. The zero-order valence-electron chi connectivity index (χ0n) is 8.59. The fourth-order valence-corrected chi connectivity index (χ4v) is 2.61. The van der Waals surface area contributed by atoms with E-state index < -0.39 is 11.6 Å². The number of benzene rings is 1. The number of halogens is 4. The Bertz CT molecular complexity index is 507. The number of hydrogen-bond donors (Lipinski definition) is 0. The van der Waals surface area contributed by atoms with E-state index in [1.807, 2.05) is 0 Å². The van der Waals surface area contributed by atoms with Gasteiger partial charge in [0.2, 0.25) is 0 Å². The largest absolute Gasteiger partial charge is 0.453 e. The van der Waals surface area contributed by atoms with Crippen LogP contribution in [0.4, 0.5) is 8.78 Å². The van der Waals surface area contributed by atoms with Crippen LogP contribution in [0.15, 0.2) is 34.9 Å². The lowest BCUT2D eigenvalue weighted by Gasteiger charge is -2.10. The third-order valence-electron chi connectivity index (χ3n) is 2.43. The summed E-state index contributed by atoms with van der Waals surface area (Å²) in [5.74, 6) is -1.12. The Hall–Kier alpha value is -0.870. The summed E-state index contributed by atoms with van der Waals surface area (Å²) < 4.78 is 31.8. The molecule has 1 heterocycles. The fourth-order valence-electron chi connectivity index (χ4n) is 1.54. The van der Waals surface area contributed by atoms with E-state index in [9.17, 15) is 8.78 Å². The van der Waals surface area contributed by atoms with Crippen molar-refractivity contribution in [3.8, 4) is 0 Å². The normalized spacial score (nSPS) is 12.7. The van der Waals surface area contributed by atoms with E-state index in [-0.39, 0.29) is 22.0 Å². The lowest BCUT2D eigenvalue weighted by Crippen LogP contribution is -2.00. The van der Waals surface area contributed by atoms with Crippen LogP contribution in [0.5, 0.6) is 0 Å². The van der Waals surface area contributed by atoms with Gasteiger partial charge in [0, 0.05) is 16.0 Å². The summed E-state index contributed by atoms with van der Waals surface area (Å²) in [4.78, 5) is -0.292. The van der Waals surface area contributed by atoms with Gasteiger partial charge in [-0.2, -0.15) is 0 Å². The molecule has 1 atom stereocenters. The van der Waals surface area contributed by atoms with E-state index in [1.54, 1.807) is 6.07 Å². The Morgan fingerprint density at radius 2 is 1.88 bits per heavy atom. The summed E-state index contributed by atoms with van der Waals surface area (Å²) >= 11 is 9.14. The fraction of sp³-hybridized carbons (Fsp3) is 0.167. The Labute approximate surface area is 111 Å². The molecule has 0 bridgehead atoms. The zero-order valence-corrected chi connectivity index (χ0v) is 10.9. The van der Waals surface area contributed by atoms with E-state index in [0.717, 1.165) is 0 Å². The van der Waals surface area contributed by atoms with Gasteiger partial charge in [0.05, 0.1) is 6.26 Å². The number of hydrogen-bond acceptors (Lipinski definition) is 1. The predicted molar refractivity (Wildman–Crippen MR) is 65.4 cm³/mol. The van der Waals surface area contributed by atoms with E-state index in [0.29, 0.717) is 5.56 Å². The van der Waals surface area contributed by atoms with Crippen LogP contribution in [0.3, 0.4) is 0 Å². The Morgan fingerprint density at radius 1 is 1.24 bits per heavy atom. The molecule has 0 saturated heterocycles. The molecule has 0 amide bonds. The molecule has 90 valence electrons. The van der Waals surface area contributed by atoms with Crippen molar-refractivity contribution in [1.29, 1.82) is 0 Å². The molecule has 5 heteroatoms. The molecular weight excluding hydrogens is 313 g/mol. The maximum atomic E-state index is 13.4. The Morgan fingerprint density at radius 3 is 2.41 bits per heavy atom. The quantitative estimate of drug-likeness (QED) is 0.734. The highest BCUT2D eigenvalue weighted by Gasteiger charge is 2.18. The molecule has 0 saturated carbocycles.